The normalized spacial score (nSPS) is 15.6. The van der Waals surface area contributed by atoms with Crippen LogP contribution in [0.25, 0.3) is 22.3 Å². The first-order chi connectivity index (χ1) is 18.9. The molecule has 3 aromatic heterocycles. The average molecular weight is 533 g/mol. The van der Waals surface area contributed by atoms with Crippen LogP contribution in [0.1, 0.15) is 48.8 Å². The van der Waals surface area contributed by atoms with Gasteiger partial charge in [0.05, 0.1) is 18.3 Å². The van der Waals surface area contributed by atoms with Gasteiger partial charge in [-0.3, -0.25) is 4.79 Å². The zero-order chi connectivity index (χ0) is 27.1. The molecular formula is C28H30F2N8O. The molecule has 6 rings (SSSR count). The Bertz CT molecular complexity index is 1560. The number of carbonyl (C=O) groups is 1. The molecule has 1 aliphatic heterocycles. The van der Waals surface area contributed by atoms with Crippen molar-refractivity contribution in [3.63, 3.8) is 0 Å². The highest BCUT2D eigenvalue weighted by Crippen LogP contribution is 2.36. The van der Waals surface area contributed by atoms with Crippen molar-refractivity contribution in [2.45, 2.75) is 51.6 Å². The zero-order valence-electron chi connectivity index (χ0n) is 22.0. The number of pyridine rings is 1. The van der Waals surface area contributed by atoms with Crippen LogP contribution < -0.4 is 10.6 Å². The van der Waals surface area contributed by atoms with E-state index in [9.17, 15) is 9.18 Å². The first kappa shape index (κ1) is 25.3. The molecular weight excluding hydrogens is 502 g/mol. The Labute approximate surface area is 224 Å². The number of amides is 1. The third-order valence-corrected chi connectivity index (χ3v) is 7.60. The summed E-state index contributed by atoms with van der Waals surface area (Å²) in [4.78, 5) is 31.7. The minimum Gasteiger partial charge on any atom is -0.337 e. The second-order valence-corrected chi connectivity index (χ2v) is 10.2. The van der Waals surface area contributed by atoms with E-state index in [4.69, 9.17) is 0 Å². The van der Waals surface area contributed by atoms with Crippen molar-refractivity contribution in [3.05, 3.63) is 59.2 Å². The second kappa shape index (κ2) is 10.3. The highest BCUT2D eigenvalue weighted by molar-refractivity contribution is 5.83. The van der Waals surface area contributed by atoms with Gasteiger partial charge in [-0.1, -0.05) is 18.9 Å². The molecule has 9 nitrogen and oxygen atoms in total. The number of aryl methyl sites for hydroxylation is 1. The maximum absolute atomic E-state index is 15.2. The fraction of sp³-hybridized carbons (Fsp3) is 0.393. The highest BCUT2D eigenvalue weighted by atomic mass is 19.1. The summed E-state index contributed by atoms with van der Waals surface area (Å²) >= 11 is 0. The van der Waals surface area contributed by atoms with Crippen molar-refractivity contribution >= 4 is 28.7 Å². The number of aromatic nitrogens is 5. The minimum absolute atomic E-state index is 0.00164. The average Bonchev–Trinajstić information content (AvgIpc) is 3.57. The van der Waals surface area contributed by atoms with Crippen LogP contribution in [0.5, 0.6) is 0 Å². The topological polar surface area (TPSA) is 101 Å². The molecule has 39 heavy (non-hydrogen) atoms. The van der Waals surface area contributed by atoms with Crippen molar-refractivity contribution in [1.82, 2.24) is 34.7 Å². The van der Waals surface area contributed by atoms with Gasteiger partial charge in [-0.25, -0.2) is 28.7 Å². The SMILES string of the molecule is CNCC(=O)N1CCc2nc(Nc3ncc(F)c(-c4cc(F)c5nc(C)n(C6CCCC6)c5c4)n3)ccc2C1. The number of rotatable bonds is 6. The number of benzene rings is 1. The molecule has 1 amide bonds. The van der Waals surface area contributed by atoms with E-state index in [0.717, 1.165) is 49.0 Å². The summed E-state index contributed by atoms with van der Waals surface area (Å²) in [5, 5.41) is 5.95. The van der Waals surface area contributed by atoms with Crippen LogP contribution in [0.3, 0.4) is 0 Å². The number of halogens is 2. The van der Waals surface area contributed by atoms with Crippen molar-refractivity contribution in [2.24, 2.45) is 0 Å². The van der Waals surface area contributed by atoms with Crippen molar-refractivity contribution in [3.8, 4) is 11.3 Å². The van der Waals surface area contributed by atoms with Crippen LogP contribution in [-0.2, 0) is 17.8 Å². The van der Waals surface area contributed by atoms with Gasteiger partial charge < -0.3 is 20.1 Å². The molecule has 0 atom stereocenters. The number of likely N-dealkylation sites (N-methyl/N-ethyl adjacent to an activating group) is 1. The van der Waals surface area contributed by atoms with Gasteiger partial charge in [0.15, 0.2) is 11.6 Å². The number of nitrogens with one attached hydrogen (secondary N) is 2. The van der Waals surface area contributed by atoms with Crippen molar-refractivity contribution in [2.75, 3.05) is 25.5 Å². The number of nitrogens with zero attached hydrogens (tertiary/aromatic N) is 6. The zero-order valence-corrected chi connectivity index (χ0v) is 22.0. The molecule has 2 aliphatic rings. The Morgan fingerprint density at radius 1 is 1.10 bits per heavy atom. The molecule has 1 aromatic carbocycles. The van der Waals surface area contributed by atoms with E-state index < -0.39 is 11.6 Å². The maximum atomic E-state index is 15.2. The molecule has 2 N–H and O–H groups in total. The van der Waals surface area contributed by atoms with E-state index in [1.165, 1.54) is 6.07 Å². The maximum Gasteiger partial charge on any atom is 0.236 e. The smallest absolute Gasteiger partial charge is 0.236 e. The van der Waals surface area contributed by atoms with Gasteiger partial charge in [-0.2, -0.15) is 0 Å². The fourth-order valence-corrected chi connectivity index (χ4v) is 5.73. The lowest BCUT2D eigenvalue weighted by atomic mass is 10.1. The second-order valence-electron chi connectivity index (χ2n) is 10.2. The number of anilines is 2. The lowest BCUT2D eigenvalue weighted by Gasteiger charge is -2.28. The Kier molecular flexibility index (Phi) is 6.68. The van der Waals surface area contributed by atoms with Crippen LogP contribution in [0, 0.1) is 18.6 Å². The third-order valence-electron chi connectivity index (χ3n) is 7.60. The quantitative estimate of drug-likeness (QED) is 0.379. The van der Waals surface area contributed by atoms with Crippen LogP contribution in [-0.4, -0.2) is 55.4 Å². The summed E-state index contributed by atoms with van der Waals surface area (Å²) in [5.41, 5.74) is 3.14. The molecule has 0 spiro atoms. The molecule has 4 heterocycles. The Hall–Kier alpha value is -3.99. The van der Waals surface area contributed by atoms with E-state index in [-0.39, 0.29) is 23.6 Å². The molecule has 0 bridgehead atoms. The molecule has 202 valence electrons. The Balaban J connectivity index is 1.28. The van der Waals surface area contributed by atoms with E-state index in [0.29, 0.717) is 48.5 Å². The Morgan fingerprint density at radius 2 is 1.92 bits per heavy atom. The number of carbonyl (C=O) groups excluding carboxylic acids is 1. The van der Waals surface area contributed by atoms with Crippen molar-refractivity contribution in [1.29, 1.82) is 0 Å². The summed E-state index contributed by atoms with van der Waals surface area (Å²) in [6, 6.07) is 7.02. The predicted octanol–water partition coefficient (Wildman–Crippen LogP) is 4.44. The van der Waals surface area contributed by atoms with Gasteiger partial charge in [0.2, 0.25) is 11.9 Å². The van der Waals surface area contributed by atoms with E-state index in [1.54, 1.807) is 24.1 Å². The molecule has 4 aromatic rings. The fourth-order valence-electron chi connectivity index (χ4n) is 5.73. The lowest BCUT2D eigenvalue weighted by Crippen LogP contribution is -2.40. The third kappa shape index (κ3) is 4.82. The number of imidazole rings is 1. The summed E-state index contributed by atoms with van der Waals surface area (Å²) in [5.74, 6) is 0.320. The monoisotopic (exact) mass is 532 g/mol. The first-order valence-corrected chi connectivity index (χ1v) is 13.3. The van der Waals surface area contributed by atoms with Crippen molar-refractivity contribution < 1.29 is 13.6 Å². The van der Waals surface area contributed by atoms with Crippen LogP contribution in [0.2, 0.25) is 0 Å². The van der Waals surface area contributed by atoms with E-state index in [2.05, 4.69) is 35.1 Å². The number of hydrogen-bond acceptors (Lipinski definition) is 7. The van der Waals surface area contributed by atoms with Gasteiger partial charge >= 0.3 is 0 Å². The van der Waals surface area contributed by atoms with Gasteiger partial charge in [0.25, 0.3) is 0 Å². The summed E-state index contributed by atoms with van der Waals surface area (Å²) in [7, 11) is 1.75. The van der Waals surface area contributed by atoms with Gasteiger partial charge in [-0.15, -0.1) is 0 Å². The largest absolute Gasteiger partial charge is 0.337 e. The highest BCUT2D eigenvalue weighted by Gasteiger charge is 2.24. The first-order valence-electron chi connectivity index (χ1n) is 13.3. The van der Waals surface area contributed by atoms with Crippen LogP contribution >= 0.6 is 0 Å². The van der Waals surface area contributed by atoms with Crippen LogP contribution in [0.4, 0.5) is 20.5 Å². The van der Waals surface area contributed by atoms with Gasteiger partial charge in [0.1, 0.15) is 22.9 Å². The van der Waals surface area contributed by atoms with E-state index in [1.807, 2.05) is 13.0 Å². The number of fused-ring (bicyclic) bond motifs is 2. The molecule has 0 saturated heterocycles. The summed E-state index contributed by atoms with van der Waals surface area (Å²) in [6.07, 6.45) is 6.01. The lowest BCUT2D eigenvalue weighted by molar-refractivity contribution is -0.131. The standard InChI is InChI=1S/C28H30F2N8O/c1-16-33-27-20(29)11-18(12-23(27)38(16)19-5-3-4-6-19)26-21(30)13-32-28(36-26)35-24-8-7-17-15-37(25(39)14-31-2)10-9-22(17)34-24/h7-8,11-13,19,31H,3-6,9-10,14-15H2,1-2H3,(H,32,34,35,36). The van der Waals surface area contributed by atoms with E-state index >= 15 is 4.39 Å². The van der Waals surface area contributed by atoms with Crippen LogP contribution in [0.15, 0.2) is 30.5 Å². The van der Waals surface area contributed by atoms with Gasteiger partial charge in [-0.05, 0) is 50.6 Å². The molecule has 11 heteroatoms. The molecule has 1 saturated carbocycles. The minimum atomic E-state index is -0.646. The van der Waals surface area contributed by atoms with Gasteiger partial charge in [0, 0.05) is 36.8 Å². The summed E-state index contributed by atoms with van der Waals surface area (Å²) in [6.45, 7) is 3.28. The molecule has 1 aliphatic carbocycles. The molecule has 0 radical (unpaired) electrons. The summed E-state index contributed by atoms with van der Waals surface area (Å²) < 4.78 is 32.2. The predicted molar refractivity (Wildman–Crippen MR) is 143 cm³/mol. The Morgan fingerprint density at radius 3 is 2.72 bits per heavy atom. The number of hydrogen-bond donors (Lipinski definition) is 2. The molecule has 0 unspecified atom stereocenters. The molecule has 1 fully saturated rings.